The minimum Gasteiger partial charge on any atom is -0.355 e. The summed E-state index contributed by atoms with van der Waals surface area (Å²) in [4.78, 5) is 15.3. The van der Waals surface area contributed by atoms with Crippen molar-refractivity contribution in [2.24, 2.45) is 0 Å². The molecule has 2 aromatic heterocycles. The van der Waals surface area contributed by atoms with Crippen LogP contribution in [-0.2, 0) is 4.79 Å². The number of hydrogen-bond donors (Lipinski definition) is 1. The zero-order valence-electron chi connectivity index (χ0n) is 8.05. The monoisotopic (exact) mass is 202 g/mol. The van der Waals surface area contributed by atoms with Gasteiger partial charge in [0.25, 0.3) is 0 Å². The van der Waals surface area contributed by atoms with Crippen LogP contribution in [0.5, 0.6) is 0 Å². The van der Waals surface area contributed by atoms with Crippen molar-refractivity contribution in [3.05, 3.63) is 30.2 Å². The number of carbonyl (C=O) groups is 1. The lowest BCUT2D eigenvalue weighted by atomic mass is 10.1. The third-order valence-corrected chi connectivity index (χ3v) is 2.65. The molecule has 5 nitrogen and oxygen atoms in total. The van der Waals surface area contributed by atoms with Gasteiger partial charge in [0.15, 0.2) is 5.65 Å². The molecule has 15 heavy (non-hydrogen) atoms. The molecule has 3 heterocycles. The largest absolute Gasteiger partial charge is 0.355 e. The van der Waals surface area contributed by atoms with Crippen molar-refractivity contribution < 1.29 is 4.79 Å². The third-order valence-electron chi connectivity index (χ3n) is 2.65. The van der Waals surface area contributed by atoms with Crippen LogP contribution in [-0.4, -0.2) is 27.0 Å². The Morgan fingerprint density at radius 2 is 2.47 bits per heavy atom. The normalized spacial score (nSPS) is 20.8. The first-order valence-corrected chi connectivity index (χ1v) is 4.90. The molecule has 1 fully saturated rings. The standard InChI is InChI=1S/C10H10N4O/c15-10-4-7(6-12-10)8-5-9-11-2-1-3-14(9)13-8/h1-3,5,7H,4,6H2,(H,12,15). The maximum Gasteiger partial charge on any atom is 0.220 e. The van der Waals surface area contributed by atoms with E-state index in [1.54, 1.807) is 10.7 Å². The van der Waals surface area contributed by atoms with E-state index in [1.165, 1.54) is 0 Å². The molecule has 0 bridgehead atoms. The molecule has 2 aromatic rings. The summed E-state index contributed by atoms with van der Waals surface area (Å²) in [7, 11) is 0. The molecule has 3 rings (SSSR count). The van der Waals surface area contributed by atoms with E-state index < -0.39 is 0 Å². The summed E-state index contributed by atoms with van der Waals surface area (Å²) < 4.78 is 1.73. The summed E-state index contributed by atoms with van der Waals surface area (Å²) in [6, 6.07) is 3.77. The van der Waals surface area contributed by atoms with Crippen molar-refractivity contribution >= 4 is 11.6 Å². The Morgan fingerprint density at radius 3 is 3.20 bits per heavy atom. The van der Waals surface area contributed by atoms with Crippen molar-refractivity contribution in [3.63, 3.8) is 0 Å². The fourth-order valence-corrected chi connectivity index (χ4v) is 1.86. The number of rotatable bonds is 1. The van der Waals surface area contributed by atoms with Crippen LogP contribution < -0.4 is 5.32 Å². The average Bonchev–Trinajstić information content (AvgIpc) is 2.82. The van der Waals surface area contributed by atoms with Gasteiger partial charge < -0.3 is 5.32 Å². The van der Waals surface area contributed by atoms with E-state index in [-0.39, 0.29) is 11.8 Å². The van der Waals surface area contributed by atoms with Crippen LogP contribution in [0.3, 0.4) is 0 Å². The Balaban J connectivity index is 2.01. The highest BCUT2D eigenvalue weighted by atomic mass is 16.1. The topological polar surface area (TPSA) is 59.3 Å². The summed E-state index contributed by atoms with van der Waals surface area (Å²) in [5.41, 5.74) is 1.76. The lowest BCUT2D eigenvalue weighted by Gasteiger charge is -1.99. The molecule has 0 aliphatic carbocycles. The van der Waals surface area contributed by atoms with Crippen LogP contribution >= 0.6 is 0 Å². The van der Waals surface area contributed by atoms with Gasteiger partial charge in [-0.2, -0.15) is 5.10 Å². The highest BCUT2D eigenvalue weighted by Crippen LogP contribution is 2.22. The molecule has 1 unspecified atom stereocenters. The van der Waals surface area contributed by atoms with E-state index in [0.717, 1.165) is 11.3 Å². The Hall–Kier alpha value is -1.91. The molecule has 0 spiro atoms. The van der Waals surface area contributed by atoms with Gasteiger partial charge in [-0.05, 0) is 6.07 Å². The van der Waals surface area contributed by atoms with Crippen molar-refractivity contribution in [1.82, 2.24) is 19.9 Å². The lowest BCUT2D eigenvalue weighted by molar-refractivity contribution is -0.119. The number of fused-ring (bicyclic) bond motifs is 1. The zero-order chi connectivity index (χ0) is 10.3. The fourth-order valence-electron chi connectivity index (χ4n) is 1.86. The Morgan fingerprint density at radius 1 is 1.53 bits per heavy atom. The van der Waals surface area contributed by atoms with Gasteiger partial charge >= 0.3 is 0 Å². The van der Waals surface area contributed by atoms with Crippen LogP contribution in [0.2, 0.25) is 0 Å². The van der Waals surface area contributed by atoms with Crippen molar-refractivity contribution in [2.75, 3.05) is 6.54 Å². The predicted octanol–water partition coefficient (Wildman–Crippen LogP) is 0.333. The van der Waals surface area contributed by atoms with Crippen LogP contribution in [0.15, 0.2) is 24.5 Å². The predicted molar refractivity (Wildman–Crippen MR) is 53.4 cm³/mol. The average molecular weight is 202 g/mol. The number of hydrogen-bond acceptors (Lipinski definition) is 3. The van der Waals surface area contributed by atoms with Crippen LogP contribution in [0.1, 0.15) is 18.0 Å². The Bertz CT molecular complexity index is 486. The molecule has 0 saturated carbocycles. The van der Waals surface area contributed by atoms with E-state index >= 15 is 0 Å². The van der Waals surface area contributed by atoms with Gasteiger partial charge in [0.1, 0.15) is 0 Å². The second kappa shape index (κ2) is 3.05. The van der Waals surface area contributed by atoms with Crippen molar-refractivity contribution in [2.45, 2.75) is 12.3 Å². The van der Waals surface area contributed by atoms with Crippen LogP contribution in [0.25, 0.3) is 5.65 Å². The molecule has 76 valence electrons. The first-order valence-electron chi connectivity index (χ1n) is 4.90. The van der Waals surface area contributed by atoms with Crippen LogP contribution in [0.4, 0.5) is 0 Å². The molecule has 1 N–H and O–H groups in total. The van der Waals surface area contributed by atoms with Crippen molar-refractivity contribution in [1.29, 1.82) is 0 Å². The molecule has 1 aliphatic rings. The smallest absolute Gasteiger partial charge is 0.220 e. The molecule has 0 aromatic carbocycles. The van der Waals surface area contributed by atoms with E-state index in [9.17, 15) is 4.79 Å². The van der Waals surface area contributed by atoms with Gasteiger partial charge in [-0.3, -0.25) is 4.79 Å². The maximum atomic E-state index is 11.1. The summed E-state index contributed by atoms with van der Waals surface area (Å²) in [6.45, 7) is 0.683. The molecular formula is C10H10N4O. The quantitative estimate of drug-likeness (QED) is 0.725. The molecule has 1 amide bonds. The summed E-state index contributed by atoms with van der Waals surface area (Å²) in [5.74, 6) is 0.296. The number of amides is 1. The number of nitrogens with zero attached hydrogens (tertiary/aromatic N) is 3. The first-order chi connectivity index (χ1) is 7.33. The summed E-state index contributed by atoms with van der Waals surface area (Å²) >= 11 is 0. The fraction of sp³-hybridized carbons (Fsp3) is 0.300. The summed E-state index contributed by atoms with van der Waals surface area (Å²) in [6.07, 6.45) is 4.12. The minimum absolute atomic E-state index is 0.102. The van der Waals surface area contributed by atoms with Crippen LogP contribution in [0, 0.1) is 0 Å². The van der Waals surface area contributed by atoms with Gasteiger partial charge in [-0.15, -0.1) is 0 Å². The van der Waals surface area contributed by atoms with Gasteiger partial charge in [-0.25, -0.2) is 9.50 Å². The van der Waals surface area contributed by atoms with E-state index in [2.05, 4.69) is 15.4 Å². The number of nitrogens with one attached hydrogen (secondary N) is 1. The van der Waals surface area contributed by atoms with E-state index in [0.29, 0.717) is 13.0 Å². The highest BCUT2D eigenvalue weighted by molar-refractivity contribution is 5.79. The van der Waals surface area contributed by atoms with Crippen molar-refractivity contribution in [3.8, 4) is 0 Å². The number of aromatic nitrogens is 3. The highest BCUT2D eigenvalue weighted by Gasteiger charge is 2.25. The van der Waals surface area contributed by atoms with Gasteiger partial charge in [0, 0.05) is 37.3 Å². The van der Waals surface area contributed by atoms with E-state index in [4.69, 9.17) is 0 Å². The molecular weight excluding hydrogens is 192 g/mol. The molecule has 1 atom stereocenters. The third kappa shape index (κ3) is 1.36. The van der Waals surface area contributed by atoms with Gasteiger partial charge in [0.2, 0.25) is 5.91 Å². The molecule has 1 aliphatic heterocycles. The maximum absolute atomic E-state index is 11.1. The minimum atomic E-state index is 0.102. The molecule has 5 heteroatoms. The lowest BCUT2D eigenvalue weighted by Crippen LogP contribution is -2.13. The molecule has 0 radical (unpaired) electrons. The second-order valence-electron chi connectivity index (χ2n) is 3.70. The number of carbonyl (C=O) groups excluding carboxylic acids is 1. The molecule has 1 saturated heterocycles. The van der Waals surface area contributed by atoms with Gasteiger partial charge in [0.05, 0.1) is 5.69 Å². The second-order valence-corrected chi connectivity index (χ2v) is 3.70. The summed E-state index contributed by atoms with van der Waals surface area (Å²) in [5, 5.41) is 7.19. The SMILES string of the molecule is O=C1CC(c2cc3ncccn3n2)CN1. The first kappa shape index (κ1) is 8.40. The Labute approximate surface area is 86.1 Å². The zero-order valence-corrected chi connectivity index (χ0v) is 8.05. The van der Waals surface area contributed by atoms with Gasteiger partial charge in [-0.1, -0.05) is 0 Å². The van der Waals surface area contributed by atoms with E-state index in [1.807, 2.05) is 18.3 Å². The Kier molecular flexibility index (Phi) is 1.71.